The van der Waals surface area contributed by atoms with Crippen LogP contribution in [0.1, 0.15) is 37.7 Å². The van der Waals surface area contributed by atoms with Crippen molar-refractivity contribution in [3.05, 3.63) is 54.1 Å². The molecule has 2 aromatic rings. The smallest absolute Gasteiger partial charge is 0.223 e. The minimum atomic E-state index is 0.141. The number of nitrogens with zero attached hydrogens (tertiary/aromatic N) is 2. The van der Waals surface area contributed by atoms with Crippen molar-refractivity contribution in [3.63, 3.8) is 0 Å². The number of H-pyrrole nitrogens is 1. The van der Waals surface area contributed by atoms with Crippen LogP contribution in [0.5, 0.6) is 0 Å². The highest BCUT2D eigenvalue weighted by molar-refractivity contribution is 5.78. The first-order chi connectivity index (χ1) is 10.1. The Kier molecular flexibility index (Phi) is 3.53. The molecule has 0 saturated carbocycles. The van der Waals surface area contributed by atoms with Crippen LogP contribution in [0.4, 0.5) is 0 Å². The van der Waals surface area contributed by atoms with Crippen LogP contribution in [0.15, 0.2) is 42.7 Å². The number of likely N-dealkylation sites (tertiary alicyclic amines) is 1. The Bertz CT molecular complexity index is 604. The SMILES string of the molecule is CC1(C)CN(C(=O)CCc2ncc[nH]2)C1c1ccccc1. The van der Waals surface area contributed by atoms with Crippen LogP contribution in [0.3, 0.4) is 0 Å². The molecule has 1 atom stereocenters. The fourth-order valence-electron chi connectivity index (χ4n) is 3.23. The fraction of sp³-hybridized carbons (Fsp3) is 0.412. The molecule has 1 aliphatic heterocycles. The molecule has 1 fully saturated rings. The summed E-state index contributed by atoms with van der Waals surface area (Å²) in [6.45, 7) is 5.27. The molecular formula is C17H21N3O. The summed E-state index contributed by atoms with van der Waals surface area (Å²) >= 11 is 0. The van der Waals surface area contributed by atoms with E-state index in [-0.39, 0.29) is 17.4 Å². The van der Waals surface area contributed by atoms with E-state index in [2.05, 4.69) is 35.9 Å². The van der Waals surface area contributed by atoms with E-state index in [0.29, 0.717) is 12.8 Å². The molecular weight excluding hydrogens is 262 g/mol. The molecule has 1 saturated heterocycles. The predicted octanol–water partition coefficient (Wildman–Crippen LogP) is 2.95. The summed E-state index contributed by atoms with van der Waals surface area (Å²) in [5.74, 6) is 1.08. The average molecular weight is 283 g/mol. The van der Waals surface area contributed by atoms with Crippen molar-refractivity contribution in [2.45, 2.75) is 32.7 Å². The van der Waals surface area contributed by atoms with E-state index in [9.17, 15) is 4.79 Å². The summed E-state index contributed by atoms with van der Waals surface area (Å²) in [4.78, 5) is 21.7. The van der Waals surface area contributed by atoms with Crippen LogP contribution in [-0.4, -0.2) is 27.3 Å². The number of aryl methyl sites for hydroxylation is 1. The van der Waals surface area contributed by atoms with Gasteiger partial charge in [-0.25, -0.2) is 4.98 Å². The van der Waals surface area contributed by atoms with Gasteiger partial charge in [0.1, 0.15) is 5.82 Å². The molecule has 0 aliphatic carbocycles. The molecule has 1 amide bonds. The zero-order valence-corrected chi connectivity index (χ0v) is 12.5. The molecule has 1 aromatic carbocycles. The molecule has 2 heterocycles. The van der Waals surface area contributed by atoms with Crippen LogP contribution < -0.4 is 0 Å². The number of rotatable bonds is 4. The van der Waals surface area contributed by atoms with Crippen LogP contribution in [0, 0.1) is 5.41 Å². The number of amides is 1. The van der Waals surface area contributed by atoms with Crippen molar-refractivity contribution in [1.29, 1.82) is 0 Å². The van der Waals surface area contributed by atoms with Crippen molar-refractivity contribution >= 4 is 5.91 Å². The monoisotopic (exact) mass is 283 g/mol. The molecule has 21 heavy (non-hydrogen) atoms. The second-order valence-electron chi connectivity index (χ2n) is 6.36. The van der Waals surface area contributed by atoms with Gasteiger partial charge in [-0.3, -0.25) is 4.79 Å². The molecule has 3 rings (SSSR count). The molecule has 0 bridgehead atoms. The first-order valence-corrected chi connectivity index (χ1v) is 7.40. The Morgan fingerprint density at radius 3 is 2.76 bits per heavy atom. The minimum absolute atomic E-state index is 0.141. The Labute approximate surface area is 125 Å². The number of nitrogens with one attached hydrogen (secondary N) is 1. The van der Waals surface area contributed by atoms with Gasteiger partial charge in [0.15, 0.2) is 0 Å². The van der Waals surface area contributed by atoms with Crippen LogP contribution in [0.25, 0.3) is 0 Å². The summed E-state index contributed by atoms with van der Waals surface area (Å²) in [7, 11) is 0. The van der Waals surface area contributed by atoms with Crippen LogP contribution >= 0.6 is 0 Å². The molecule has 1 N–H and O–H groups in total. The number of carbonyl (C=O) groups excluding carboxylic acids is 1. The summed E-state index contributed by atoms with van der Waals surface area (Å²) in [5, 5.41) is 0. The van der Waals surface area contributed by atoms with Gasteiger partial charge >= 0.3 is 0 Å². The van der Waals surface area contributed by atoms with Gasteiger partial charge in [0.2, 0.25) is 5.91 Å². The van der Waals surface area contributed by atoms with Crippen molar-refractivity contribution < 1.29 is 4.79 Å². The second-order valence-corrected chi connectivity index (χ2v) is 6.36. The molecule has 4 heteroatoms. The number of imidazole rings is 1. The summed E-state index contributed by atoms with van der Waals surface area (Å²) < 4.78 is 0. The lowest BCUT2D eigenvalue weighted by atomic mass is 9.71. The van der Waals surface area contributed by atoms with E-state index < -0.39 is 0 Å². The largest absolute Gasteiger partial charge is 0.349 e. The summed E-state index contributed by atoms with van der Waals surface area (Å²) in [5.41, 5.74) is 1.36. The number of aromatic nitrogens is 2. The predicted molar refractivity (Wildman–Crippen MR) is 81.6 cm³/mol. The lowest BCUT2D eigenvalue weighted by molar-refractivity contribution is -0.152. The highest BCUT2D eigenvalue weighted by atomic mass is 16.2. The number of hydrogen-bond acceptors (Lipinski definition) is 2. The van der Waals surface area contributed by atoms with Crippen LogP contribution in [-0.2, 0) is 11.2 Å². The lowest BCUT2D eigenvalue weighted by Crippen LogP contribution is -2.57. The van der Waals surface area contributed by atoms with Gasteiger partial charge in [-0.05, 0) is 5.56 Å². The van der Waals surface area contributed by atoms with Crippen molar-refractivity contribution in [2.24, 2.45) is 5.41 Å². The summed E-state index contributed by atoms with van der Waals surface area (Å²) in [6.07, 6.45) is 4.69. The van der Waals surface area contributed by atoms with Gasteiger partial charge < -0.3 is 9.88 Å². The van der Waals surface area contributed by atoms with Gasteiger partial charge in [-0.2, -0.15) is 0 Å². The fourth-order valence-corrected chi connectivity index (χ4v) is 3.23. The maximum atomic E-state index is 12.5. The molecule has 110 valence electrons. The highest BCUT2D eigenvalue weighted by Crippen LogP contribution is 2.48. The molecule has 1 aromatic heterocycles. The van der Waals surface area contributed by atoms with E-state index >= 15 is 0 Å². The quantitative estimate of drug-likeness (QED) is 0.938. The Balaban J connectivity index is 1.69. The van der Waals surface area contributed by atoms with Crippen molar-refractivity contribution in [1.82, 2.24) is 14.9 Å². The number of carbonyl (C=O) groups is 1. The molecule has 0 spiro atoms. The van der Waals surface area contributed by atoms with Gasteiger partial charge in [0, 0.05) is 37.2 Å². The van der Waals surface area contributed by atoms with Crippen molar-refractivity contribution in [3.8, 4) is 0 Å². The second kappa shape index (κ2) is 5.35. The Hall–Kier alpha value is -2.10. The van der Waals surface area contributed by atoms with Crippen molar-refractivity contribution in [2.75, 3.05) is 6.54 Å². The molecule has 0 radical (unpaired) electrons. The average Bonchev–Trinajstić information content (AvgIpc) is 2.97. The third-order valence-electron chi connectivity index (χ3n) is 4.20. The zero-order chi connectivity index (χ0) is 14.9. The van der Waals surface area contributed by atoms with Crippen LogP contribution in [0.2, 0.25) is 0 Å². The zero-order valence-electron chi connectivity index (χ0n) is 12.5. The van der Waals surface area contributed by atoms with Gasteiger partial charge in [-0.15, -0.1) is 0 Å². The Morgan fingerprint density at radius 2 is 2.14 bits per heavy atom. The minimum Gasteiger partial charge on any atom is -0.349 e. The summed E-state index contributed by atoms with van der Waals surface area (Å²) in [6, 6.07) is 10.5. The first-order valence-electron chi connectivity index (χ1n) is 7.40. The molecule has 1 aliphatic rings. The maximum Gasteiger partial charge on any atom is 0.223 e. The molecule has 1 unspecified atom stereocenters. The van der Waals surface area contributed by atoms with E-state index in [1.807, 2.05) is 23.1 Å². The number of aromatic amines is 1. The standard InChI is InChI=1S/C17H21N3O/c1-17(2)12-20(16(17)13-6-4-3-5-7-13)15(21)9-8-14-18-10-11-19-14/h3-7,10-11,16H,8-9,12H2,1-2H3,(H,18,19). The Morgan fingerprint density at radius 1 is 1.38 bits per heavy atom. The van der Waals surface area contributed by atoms with E-state index in [0.717, 1.165) is 12.4 Å². The van der Waals surface area contributed by atoms with Gasteiger partial charge in [-0.1, -0.05) is 44.2 Å². The number of hydrogen-bond donors (Lipinski definition) is 1. The highest BCUT2D eigenvalue weighted by Gasteiger charge is 2.48. The van der Waals surface area contributed by atoms with E-state index in [1.54, 1.807) is 12.4 Å². The number of benzene rings is 1. The maximum absolute atomic E-state index is 12.5. The normalized spacial score (nSPS) is 20.1. The lowest BCUT2D eigenvalue weighted by Gasteiger charge is -2.54. The van der Waals surface area contributed by atoms with E-state index in [1.165, 1.54) is 5.56 Å². The third kappa shape index (κ3) is 2.71. The van der Waals surface area contributed by atoms with Gasteiger partial charge in [0.05, 0.1) is 6.04 Å². The topological polar surface area (TPSA) is 49.0 Å². The van der Waals surface area contributed by atoms with Gasteiger partial charge in [0.25, 0.3) is 0 Å². The molecule has 4 nitrogen and oxygen atoms in total. The first kappa shape index (κ1) is 13.9. The third-order valence-corrected chi connectivity index (χ3v) is 4.20. The van der Waals surface area contributed by atoms with E-state index in [4.69, 9.17) is 0 Å².